The van der Waals surface area contributed by atoms with Gasteiger partial charge in [-0.05, 0) is 37.3 Å². The molecule has 20 heavy (non-hydrogen) atoms. The van der Waals surface area contributed by atoms with Crippen LogP contribution in [-0.2, 0) is 11.2 Å². The molecule has 0 saturated heterocycles. The van der Waals surface area contributed by atoms with Gasteiger partial charge in [-0.1, -0.05) is 50.1 Å². The molecule has 0 spiro atoms. The van der Waals surface area contributed by atoms with Crippen molar-refractivity contribution in [2.24, 2.45) is 11.7 Å². The van der Waals surface area contributed by atoms with E-state index in [2.05, 4.69) is 24.4 Å². The fourth-order valence-electron chi connectivity index (χ4n) is 2.49. The second kappa shape index (κ2) is 10.4. The molecule has 1 amide bonds. The van der Waals surface area contributed by atoms with E-state index in [-0.39, 0.29) is 5.91 Å². The van der Waals surface area contributed by atoms with Crippen molar-refractivity contribution in [2.75, 3.05) is 13.1 Å². The van der Waals surface area contributed by atoms with Crippen molar-refractivity contribution < 1.29 is 4.79 Å². The van der Waals surface area contributed by atoms with Crippen LogP contribution in [0.3, 0.4) is 0 Å². The average Bonchev–Trinajstić information content (AvgIpc) is 2.46. The topological polar surface area (TPSA) is 55.1 Å². The fourth-order valence-corrected chi connectivity index (χ4v) is 2.49. The number of amides is 1. The number of nitrogens with two attached hydrogens (primary N) is 1. The number of hydrogen-bond acceptors (Lipinski definition) is 2. The number of carbonyl (C=O) groups is 1. The second-order valence-electron chi connectivity index (χ2n) is 5.36. The highest BCUT2D eigenvalue weighted by molar-refractivity contribution is 5.75. The molecule has 0 aliphatic carbocycles. The van der Waals surface area contributed by atoms with Gasteiger partial charge in [-0.15, -0.1) is 0 Å². The first kappa shape index (κ1) is 16.7. The monoisotopic (exact) mass is 276 g/mol. The van der Waals surface area contributed by atoms with E-state index in [1.165, 1.54) is 18.4 Å². The molecule has 1 unspecified atom stereocenters. The summed E-state index contributed by atoms with van der Waals surface area (Å²) in [5, 5.41) is 3.00. The van der Waals surface area contributed by atoms with Crippen LogP contribution in [0.4, 0.5) is 0 Å². The minimum absolute atomic E-state index is 0.166. The lowest BCUT2D eigenvalue weighted by Gasteiger charge is -2.14. The minimum atomic E-state index is 0.166. The van der Waals surface area contributed by atoms with E-state index < -0.39 is 0 Å². The van der Waals surface area contributed by atoms with E-state index >= 15 is 0 Å². The maximum absolute atomic E-state index is 11.8. The Bertz CT molecular complexity index is 359. The van der Waals surface area contributed by atoms with Gasteiger partial charge >= 0.3 is 0 Å². The van der Waals surface area contributed by atoms with E-state index in [4.69, 9.17) is 5.73 Å². The summed E-state index contributed by atoms with van der Waals surface area (Å²) in [5.41, 5.74) is 6.87. The van der Waals surface area contributed by atoms with Gasteiger partial charge in [0.25, 0.3) is 0 Å². The first-order chi connectivity index (χ1) is 9.76. The zero-order valence-corrected chi connectivity index (χ0v) is 12.6. The Morgan fingerprint density at radius 3 is 2.60 bits per heavy atom. The van der Waals surface area contributed by atoms with E-state index in [0.717, 1.165) is 32.4 Å². The normalized spacial score (nSPS) is 12.1. The van der Waals surface area contributed by atoms with Crippen LogP contribution in [0.1, 0.15) is 44.6 Å². The van der Waals surface area contributed by atoms with Crippen molar-refractivity contribution in [1.82, 2.24) is 5.32 Å². The fraction of sp³-hybridized carbons (Fsp3) is 0.588. The van der Waals surface area contributed by atoms with Crippen LogP contribution in [0.2, 0.25) is 0 Å². The lowest BCUT2D eigenvalue weighted by Crippen LogP contribution is -2.26. The zero-order valence-electron chi connectivity index (χ0n) is 12.6. The van der Waals surface area contributed by atoms with E-state index in [0.29, 0.717) is 12.3 Å². The van der Waals surface area contributed by atoms with E-state index in [1.54, 1.807) is 0 Å². The summed E-state index contributed by atoms with van der Waals surface area (Å²) in [6, 6.07) is 10.2. The molecule has 3 nitrogen and oxygen atoms in total. The first-order valence-electron chi connectivity index (χ1n) is 7.77. The lowest BCUT2D eigenvalue weighted by molar-refractivity contribution is -0.121. The Hall–Kier alpha value is -1.35. The van der Waals surface area contributed by atoms with E-state index in [9.17, 15) is 4.79 Å². The van der Waals surface area contributed by atoms with Gasteiger partial charge in [0.15, 0.2) is 0 Å². The van der Waals surface area contributed by atoms with Crippen molar-refractivity contribution in [2.45, 2.75) is 45.4 Å². The largest absolute Gasteiger partial charge is 0.356 e. The van der Waals surface area contributed by atoms with Crippen molar-refractivity contribution in [3.05, 3.63) is 35.9 Å². The maximum Gasteiger partial charge on any atom is 0.220 e. The van der Waals surface area contributed by atoms with Crippen LogP contribution in [-0.4, -0.2) is 19.0 Å². The Morgan fingerprint density at radius 1 is 1.20 bits per heavy atom. The molecule has 3 N–H and O–H groups in total. The standard InChI is InChI=1S/C17H28N2O/c1-2-6-15(11-13-18)9-10-17(20)19-14-12-16-7-4-3-5-8-16/h3-5,7-8,15H,2,6,9-14,18H2,1H3,(H,19,20). The highest BCUT2D eigenvalue weighted by Gasteiger charge is 2.09. The number of rotatable bonds is 10. The molecule has 0 aromatic heterocycles. The third kappa shape index (κ3) is 7.29. The molecule has 112 valence electrons. The van der Waals surface area contributed by atoms with Crippen molar-refractivity contribution in [3.63, 3.8) is 0 Å². The van der Waals surface area contributed by atoms with Gasteiger partial charge in [0, 0.05) is 13.0 Å². The van der Waals surface area contributed by atoms with Gasteiger partial charge in [-0.2, -0.15) is 0 Å². The Kier molecular flexibility index (Phi) is 8.72. The quantitative estimate of drug-likeness (QED) is 0.690. The van der Waals surface area contributed by atoms with Crippen LogP contribution < -0.4 is 11.1 Å². The van der Waals surface area contributed by atoms with Gasteiger partial charge < -0.3 is 11.1 Å². The number of nitrogens with one attached hydrogen (secondary N) is 1. The molecule has 1 aromatic rings. The predicted octanol–water partition coefficient (Wildman–Crippen LogP) is 2.89. The second-order valence-corrected chi connectivity index (χ2v) is 5.36. The average molecular weight is 276 g/mol. The van der Waals surface area contributed by atoms with Crippen molar-refractivity contribution >= 4 is 5.91 Å². The summed E-state index contributed by atoms with van der Waals surface area (Å²) in [7, 11) is 0. The summed E-state index contributed by atoms with van der Waals surface area (Å²) in [6.07, 6.45) is 5.86. The Balaban J connectivity index is 2.16. The van der Waals surface area contributed by atoms with Crippen LogP contribution in [0.15, 0.2) is 30.3 Å². The lowest BCUT2D eigenvalue weighted by atomic mass is 9.94. The first-order valence-corrected chi connectivity index (χ1v) is 7.77. The molecule has 0 radical (unpaired) electrons. The number of hydrogen-bond donors (Lipinski definition) is 2. The summed E-state index contributed by atoms with van der Waals surface area (Å²) in [6.45, 7) is 3.63. The molecule has 1 atom stereocenters. The molecule has 0 saturated carbocycles. The third-order valence-electron chi connectivity index (χ3n) is 3.63. The van der Waals surface area contributed by atoms with Gasteiger partial charge in [-0.3, -0.25) is 4.79 Å². The Morgan fingerprint density at radius 2 is 1.95 bits per heavy atom. The van der Waals surface area contributed by atoms with E-state index in [1.807, 2.05) is 18.2 Å². The molecule has 1 aromatic carbocycles. The molecule has 1 rings (SSSR count). The molecular weight excluding hydrogens is 248 g/mol. The molecule has 0 aliphatic rings. The van der Waals surface area contributed by atoms with Crippen molar-refractivity contribution in [3.8, 4) is 0 Å². The molecular formula is C17H28N2O. The zero-order chi connectivity index (χ0) is 14.6. The van der Waals surface area contributed by atoms with Crippen LogP contribution in [0.5, 0.6) is 0 Å². The molecule has 0 heterocycles. The SMILES string of the molecule is CCCC(CCN)CCC(=O)NCCc1ccccc1. The van der Waals surface area contributed by atoms with Gasteiger partial charge in [0.2, 0.25) is 5.91 Å². The number of benzene rings is 1. The number of carbonyl (C=O) groups excluding carboxylic acids is 1. The molecule has 0 aliphatic heterocycles. The summed E-state index contributed by atoms with van der Waals surface area (Å²) in [5.74, 6) is 0.768. The minimum Gasteiger partial charge on any atom is -0.356 e. The van der Waals surface area contributed by atoms with Gasteiger partial charge in [0.1, 0.15) is 0 Å². The Labute approximate surface area is 122 Å². The molecule has 0 fully saturated rings. The van der Waals surface area contributed by atoms with Crippen LogP contribution >= 0.6 is 0 Å². The van der Waals surface area contributed by atoms with Crippen LogP contribution in [0.25, 0.3) is 0 Å². The predicted molar refractivity (Wildman–Crippen MR) is 84.5 cm³/mol. The summed E-state index contributed by atoms with van der Waals surface area (Å²) >= 11 is 0. The summed E-state index contributed by atoms with van der Waals surface area (Å²) < 4.78 is 0. The van der Waals surface area contributed by atoms with Gasteiger partial charge in [-0.25, -0.2) is 0 Å². The highest BCUT2D eigenvalue weighted by atomic mass is 16.1. The third-order valence-corrected chi connectivity index (χ3v) is 3.63. The summed E-state index contributed by atoms with van der Waals surface area (Å²) in [4.78, 5) is 11.8. The van der Waals surface area contributed by atoms with Crippen molar-refractivity contribution in [1.29, 1.82) is 0 Å². The maximum atomic E-state index is 11.8. The smallest absolute Gasteiger partial charge is 0.220 e. The van der Waals surface area contributed by atoms with Crippen LogP contribution in [0, 0.1) is 5.92 Å². The molecule has 0 bridgehead atoms. The highest BCUT2D eigenvalue weighted by Crippen LogP contribution is 2.16. The van der Waals surface area contributed by atoms with Gasteiger partial charge in [0.05, 0.1) is 0 Å². The molecule has 3 heteroatoms.